The highest BCUT2D eigenvalue weighted by Crippen LogP contribution is 2.28. The molecule has 2 aliphatic heterocycles. The Labute approximate surface area is 156 Å². The third kappa shape index (κ3) is 5.21. The number of likely N-dealkylation sites (tertiary alicyclic amines) is 1. The minimum absolute atomic E-state index is 0.0262. The van der Waals surface area contributed by atoms with Crippen molar-refractivity contribution in [3.63, 3.8) is 0 Å². The van der Waals surface area contributed by atoms with E-state index >= 15 is 0 Å². The Morgan fingerprint density at radius 2 is 1.46 bits per heavy atom. The van der Waals surface area contributed by atoms with Crippen LogP contribution in [0, 0.1) is 5.92 Å². The number of hydrogen-bond acceptors (Lipinski definition) is 3. The molecule has 26 heavy (non-hydrogen) atoms. The summed E-state index contributed by atoms with van der Waals surface area (Å²) in [7, 11) is 0. The van der Waals surface area contributed by atoms with Crippen LogP contribution in [0.2, 0.25) is 0 Å². The zero-order chi connectivity index (χ0) is 18.4. The average molecular weight is 364 g/mol. The fourth-order valence-corrected chi connectivity index (χ4v) is 4.46. The van der Waals surface area contributed by atoms with E-state index in [0.717, 1.165) is 31.6 Å². The molecule has 0 spiro atoms. The predicted molar refractivity (Wildman–Crippen MR) is 99.4 cm³/mol. The maximum Gasteiger partial charge on any atom is 0.242 e. The summed E-state index contributed by atoms with van der Waals surface area (Å²) in [5.41, 5.74) is 0. The molecule has 6 nitrogen and oxygen atoms in total. The number of nitrogens with zero attached hydrogens (tertiary/aromatic N) is 3. The Kier molecular flexibility index (Phi) is 6.92. The molecule has 3 aliphatic rings. The summed E-state index contributed by atoms with van der Waals surface area (Å²) in [5.74, 6) is 1.12. The first kappa shape index (κ1) is 19.2. The molecule has 0 aromatic rings. The standard InChI is InChI=1S/C20H33N3O3/c24-18-8-2-1-5-11-23(18)16-20(26)22-14-12-21(13-15-22)19(25)10-9-17-6-3-4-7-17/h17H,1-16H2. The van der Waals surface area contributed by atoms with Gasteiger partial charge in [-0.1, -0.05) is 32.1 Å². The second kappa shape index (κ2) is 9.38. The molecule has 3 amide bonds. The summed E-state index contributed by atoms with van der Waals surface area (Å²) in [4.78, 5) is 42.4. The molecule has 0 aromatic heterocycles. The van der Waals surface area contributed by atoms with Crippen molar-refractivity contribution >= 4 is 17.7 Å². The van der Waals surface area contributed by atoms with Crippen LogP contribution in [0.5, 0.6) is 0 Å². The lowest BCUT2D eigenvalue weighted by molar-refractivity contribution is -0.143. The van der Waals surface area contributed by atoms with Crippen LogP contribution in [0.3, 0.4) is 0 Å². The zero-order valence-corrected chi connectivity index (χ0v) is 16.0. The highest BCUT2D eigenvalue weighted by Gasteiger charge is 2.27. The van der Waals surface area contributed by atoms with Gasteiger partial charge in [-0.05, 0) is 25.2 Å². The molecular formula is C20H33N3O3. The number of rotatable bonds is 5. The SMILES string of the molecule is O=C(CCC1CCCC1)N1CCN(C(=O)CN2CCCCCC2=O)CC1. The molecule has 0 N–H and O–H groups in total. The Balaban J connectivity index is 1.38. The van der Waals surface area contributed by atoms with Crippen LogP contribution in [0.1, 0.15) is 64.2 Å². The molecule has 2 saturated heterocycles. The topological polar surface area (TPSA) is 60.9 Å². The van der Waals surface area contributed by atoms with Gasteiger partial charge in [0.05, 0.1) is 6.54 Å². The van der Waals surface area contributed by atoms with Gasteiger partial charge in [-0.3, -0.25) is 14.4 Å². The number of piperazine rings is 1. The first-order chi connectivity index (χ1) is 12.6. The van der Waals surface area contributed by atoms with E-state index in [0.29, 0.717) is 45.6 Å². The monoisotopic (exact) mass is 363 g/mol. The van der Waals surface area contributed by atoms with Crippen molar-refractivity contribution in [3.05, 3.63) is 0 Å². The third-order valence-corrected chi connectivity index (χ3v) is 6.22. The molecule has 2 heterocycles. The lowest BCUT2D eigenvalue weighted by Gasteiger charge is -2.36. The van der Waals surface area contributed by atoms with E-state index in [9.17, 15) is 14.4 Å². The van der Waals surface area contributed by atoms with Crippen LogP contribution in [-0.2, 0) is 14.4 Å². The Morgan fingerprint density at radius 1 is 0.808 bits per heavy atom. The first-order valence-electron chi connectivity index (χ1n) is 10.5. The van der Waals surface area contributed by atoms with Gasteiger partial charge in [0, 0.05) is 45.6 Å². The van der Waals surface area contributed by atoms with E-state index in [1.165, 1.54) is 25.7 Å². The Morgan fingerprint density at radius 3 is 2.15 bits per heavy atom. The number of carbonyl (C=O) groups is 3. The van der Waals surface area contributed by atoms with E-state index in [4.69, 9.17) is 0 Å². The van der Waals surface area contributed by atoms with Crippen LogP contribution >= 0.6 is 0 Å². The first-order valence-corrected chi connectivity index (χ1v) is 10.5. The number of amides is 3. The molecule has 0 atom stereocenters. The lowest BCUT2D eigenvalue weighted by Crippen LogP contribution is -2.53. The van der Waals surface area contributed by atoms with E-state index < -0.39 is 0 Å². The van der Waals surface area contributed by atoms with Crippen LogP contribution < -0.4 is 0 Å². The van der Waals surface area contributed by atoms with Crippen LogP contribution in [-0.4, -0.2) is 71.7 Å². The molecule has 3 fully saturated rings. The summed E-state index contributed by atoms with van der Waals surface area (Å²) in [6.45, 7) is 3.34. The fraction of sp³-hybridized carbons (Fsp3) is 0.850. The van der Waals surface area contributed by atoms with Gasteiger partial charge in [0.1, 0.15) is 0 Å². The summed E-state index contributed by atoms with van der Waals surface area (Å²) in [5, 5.41) is 0. The van der Waals surface area contributed by atoms with Gasteiger partial charge < -0.3 is 14.7 Å². The normalized spacial score (nSPS) is 22.6. The molecule has 3 rings (SSSR count). The van der Waals surface area contributed by atoms with Crippen molar-refractivity contribution < 1.29 is 14.4 Å². The molecule has 6 heteroatoms. The second-order valence-electron chi connectivity index (χ2n) is 8.08. The predicted octanol–water partition coefficient (Wildman–Crippen LogP) is 2.03. The van der Waals surface area contributed by atoms with Gasteiger partial charge in [-0.25, -0.2) is 0 Å². The molecule has 0 bridgehead atoms. The molecule has 0 aromatic carbocycles. The van der Waals surface area contributed by atoms with Gasteiger partial charge >= 0.3 is 0 Å². The van der Waals surface area contributed by atoms with Crippen molar-refractivity contribution in [2.75, 3.05) is 39.3 Å². The summed E-state index contributed by atoms with van der Waals surface area (Å²) >= 11 is 0. The molecule has 0 radical (unpaired) electrons. The maximum absolute atomic E-state index is 12.5. The van der Waals surface area contributed by atoms with Crippen LogP contribution in [0.4, 0.5) is 0 Å². The lowest BCUT2D eigenvalue weighted by atomic mass is 10.0. The van der Waals surface area contributed by atoms with Crippen molar-refractivity contribution in [1.29, 1.82) is 0 Å². The van der Waals surface area contributed by atoms with Crippen molar-refractivity contribution in [3.8, 4) is 0 Å². The van der Waals surface area contributed by atoms with Crippen molar-refractivity contribution in [2.45, 2.75) is 64.2 Å². The highest BCUT2D eigenvalue weighted by molar-refractivity contribution is 5.85. The van der Waals surface area contributed by atoms with E-state index in [2.05, 4.69) is 0 Å². The number of carbonyl (C=O) groups excluding carboxylic acids is 3. The fourth-order valence-electron chi connectivity index (χ4n) is 4.46. The summed E-state index contributed by atoms with van der Waals surface area (Å²) in [6.07, 6.45) is 10.4. The van der Waals surface area contributed by atoms with Gasteiger partial charge in [-0.15, -0.1) is 0 Å². The highest BCUT2D eigenvalue weighted by atomic mass is 16.2. The maximum atomic E-state index is 12.5. The Hall–Kier alpha value is -1.59. The van der Waals surface area contributed by atoms with Crippen LogP contribution in [0.25, 0.3) is 0 Å². The summed E-state index contributed by atoms with van der Waals surface area (Å²) < 4.78 is 0. The molecule has 0 unspecified atom stereocenters. The smallest absolute Gasteiger partial charge is 0.242 e. The van der Waals surface area contributed by atoms with Crippen LogP contribution in [0.15, 0.2) is 0 Å². The van der Waals surface area contributed by atoms with Crippen molar-refractivity contribution in [2.24, 2.45) is 5.92 Å². The second-order valence-corrected chi connectivity index (χ2v) is 8.08. The zero-order valence-electron chi connectivity index (χ0n) is 16.0. The van der Waals surface area contributed by atoms with Gasteiger partial charge in [0.15, 0.2) is 0 Å². The average Bonchev–Trinajstić information content (AvgIpc) is 3.10. The number of hydrogen-bond donors (Lipinski definition) is 0. The largest absolute Gasteiger partial charge is 0.339 e. The van der Waals surface area contributed by atoms with Gasteiger partial charge in [0.25, 0.3) is 0 Å². The molecule has 1 saturated carbocycles. The Bertz CT molecular complexity index is 508. The van der Waals surface area contributed by atoms with E-state index in [1.807, 2.05) is 9.80 Å². The molecule has 146 valence electrons. The van der Waals surface area contributed by atoms with E-state index in [-0.39, 0.29) is 24.3 Å². The quantitative estimate of drug-likeness (QED) is 0.751. The summed E-state index contributed by atoms with van der Waals surface area (Å²) in [6, 6.07) is 0. The minimum atomic E-state index is 0.0262. The molecule has 1 aliphatic carbocycles. The van der Waals surface area contributed by atoms with Gasteiger partial charge in [-0.2, -0.15) is 0 Å². The minimum Gasteiger partial charge on any atom is -0.339 e. The van der Waals surface area contributed by atoms with Gasteiger partial charge in [0.2, 0.25) is 17.7 Å². The van der Waals surface area contributed by atoms with Crippen molar-refractivity contribution in [1.82, 2.24) is 14.7 Å². The molecular weight excluding hydrogens is 330 g/mol. The third-order valence-electron chi connectivity index (χ3n) is 6.22. The van der Waals surface area contributed by atoms with E-state index in [1.54, 1.807) is 4.90 Å².